The van der Waals surface area contributed by atoms with Gasteiger partial charge in [0, 0.05) is 11.4 Å². The molecular weight excluding hydrogens is 296 g/mol. The predicted octanol–water partition coefficient (Wildman–Crippen LogP) is 2.11. The summed E-state index contributed by atoms with van der Waals surface area (Å²) in [7, 11) is 0. The number of aromatic carboxylic acids is 1. The predicted molar refractivity (Wildman–Crippen MR) is 86.9 cm³/mol. The lowest BCUT2D eigenvalue weighted by Gasteiger charge is -2.12. The van der Waals surface area contributed by atoms with Gasteiger partial charge in [-0.3, -0.25) is 9.59 Å². The summed E-state index contributed by atoms with van der Waals surface area (Å²) >= 11 is 0. The van der Waals surface area contributed by atoms with Crippen molar-refractivity contribution in [1.29, 1.82) is 0 Å². The first-order valence-corrected chi connectivity index (χ1v) is 7.10. The van der Waals surface area contributed by atoms with E-state index in [-0.39, 0.29) is 18.0 Å². The van der Waals surface area contributed by atoms with Crippen LogP contribution in [0.25, 0.3) is 0 Å². The van der Waals surface area contributed by atoms with Crippen molar-refractivity contribution in [2.45, 2.75) is 27.3 Å². The van der Waals surface area contributed by atoms with Crippen LogP contribution in [0.3, 0.4) is 0 Å². The molecule has 120 valence electrons. The number of aryl methyl sites for hydroxylation is 3. The summed E-state index contributed by atoms with van der Waals surface area (Å²) in [5.41, 5.74) is 2.16. The molecule has 0 spiro atoms. The molecule has 2 rings (SSSR count). The van der Waals surface area contributed by atoms with Gasteiger partial charge in [0.05, 0.1) is 0 Å². The van der Waals surface area contributed by atoms with Gasteiger partial charge in [0.1, 0.15) is 12.1 Å². The van der Waals surface area contributed by atoms with Crippen LogP contribution in [0.2, 0.25) is 0 Å². The minimum Gasteiger partial charge on any atom is -0.477 e. The molecule has 1 aromatic heterocycles. The standard InChI is InChI=1S/C17H18N2O4/c1-10-4-7-14(11(2)8-10)18-15(20)9-19-12(3)5-6-13(16(19)21)17(22)23/h4-8H,9H2,1-3H3,(H,18,20)(H,22,23). The van der Waals surface area contributed by atoms with Gasteiger partial charge in [0.15, 0.2) is 0 Å². The molecule has 6 heteroatoms. The van der Waals surface area contributed by atoms with Crippen LogP contribution in [0.15, 0.2) is 35.1 Å². The van der Waals surface area contributed by atoms with Crippen LogP contribution in [0.1, 0.15) is 27.2 Å². The minimum absolute atomic E-state index is 0.237. The zero-order valence-corrected chi connectivity index (χ0v) is 13.2. The maximum Gasteiger partial charge on any atom is 0.341 e. The molecule has 0 aliphatic carbocycles. The largest absolute Gasteiger partial charge is 0.477 e. The van der Waals surface area contributed by atoms with Crippen molar-refractivity contribution in [2.24, 2.45) is 0 Å². The lowest BCUT2D eigenvalue weighted by Crippen LogP contribution is -2.32. The fraction of sp³-hybridized carbons (Fsp3) is 0.235. The maximum atomic E-state index is 12.2. The number of hydrogen-bond acceptors (Lipinski definition) is 3. The number of nitrogens with zero attached hydrogens (tertiary/aromatic N) is 1. The van der Waals surface area contributed by atoms with E-state index in [9.17, 15) is 14.4 Å². The van der Waals surface area contributed by atoms with Crippen molar-refractivity contribution in [3.8, 4) is 0 Å². The van der Waals surface area contributed by atoms with Crippen LogP contribution in [-0.4, -0.2) is 21.6 Å². The lowest BCUT2D eigenvalue weighted by molar-refractivity contribution is -0.116. The summed E-state index contributed by atoms with van der Waals surface area (Å²) in [4.78, 5) is 35.3. The highest BCUT2D eigenvalue weighted by molar-refractivity contribution is 5.91. The van der Waals surface area contributed by atoms with E-state index in [1.807, 2.05) is 26.0 Å². The Kier molecular flexibility index (Phi) is 4.64. The molecule has 1 heterocycles. The van der Waals surface area contributed by atoms with Crippen molar-refractivity contribution in [2.75, 3.05) is 5.32 Å². The van der Waals surface area contributed by atoms with Crippen molar-refractivity contribution in [3.63, 3.8) is 0 Å². The average Bonchev–Trinajstić information content (AvgIpc) is 2.46. The van der Waals surface area contributed by atoms with Crippen LogP contribution >= 0.6 is 0 Å². The monoisotopic (exact) mass is 314 g/mol. The Balaban J connectivity index is 2.25. The van der Waals surface area contributed by atoms with E-state index < -0.39 is 11.5 Å². The van der Waals surface area contributed by atoms with E-state index in [1.165, 1.54) is 12.1 Å². The Hall–Kier alpha value is -2.89. The number of hydrogen-bond donors (Lipinski definition) is 2. The molecule has 6 nitrogen and oxygen atoms in total. The van der Waals surface area contributed by atoms with Gasteiger partial charge in [0.25, 0.3) is 5.56 Å². The number of nitrogens with one attached hydrogen (secondary N) is 1. The third kappa shape index (κ3) is 3.66. The Morgan fingerprint density at radius 2 is 1.83 bits per heavy atom. The highest BCUT2D eigenvalue weighted by Gasteiger charge is 2.15. The fourth-order valence-electron chi connectivity index (χ4n) is 2.32. The summed E-state index contributed by atoms with van der Waals surface area (Å²) in [5, 5.41) is 11.7. The summed E-state index contributed by atoms with van der Waals surface area (Å²) in [6.45, 7) is 5.25. The molecule has 2 aromatic rings. The molecule has 0 saturated carbocycles. The zero-order chi connectivity index (χ0) is 17.1. The average molecular weight is 314 g/mol. The first-order valence-electron chi connectivity index (χ1n) is 7.10. The lowest BCUT2D eigenvalue weighted by atomic mass is 10.1. The summed E-state index contributed by atoms with van der Waals surface area (Å²) < 4.78 is 1.16. The van der Waals surface area contributed by atoms with Crippen molar-refractivity contribution in [1.82, 2.24) is 4.57 Å². The molecule has 0 fully saturated rings. The van der Waals surface area contributed by atoms with Gasteiger partial charge in [-0.25, -0.2) is 4.79 Å². The molecule has 0 aliphatic rings. The second-order valence-electron chi connectivity index (χ2n) is 5.45. The number of rotatable bonds is 4. The van der Waals surface area contributed by atoms with Crippen molar-refractivity contribution < 1.29 is 14.7 Å². The van der Waals surface area contributed by atoms with Crippen LogP contribution < -0.4 is 10.9 Å². The van der Waals surface area contributed by atoms with E-state index >= 15 is 0 Å². The Morgan fingerprint density at radius 1 is 1.13 bits per heavy atom. The number of carboxylic acid groups (broad SMARTS) is 1. The quantitative estimate of drug-likeness (QED) is 0.904. The molecule has 23 heavy (non-hydrogen) atoms. The van der Waals surface area contributed by atoms with E-state index in [2.05, 4.69) is 5.32 Å². The first-order chi connectivity index (χ1) is 10.8. The van der Waals surface area contributed by atoms with Crippen LogP contribution in [0.5, 0.6) is 0 Å². The number of pyridine rings is 1. The molecule has 0 unspecified atom stereocenters. The van der Waals surface area contributed by atoms with Crippen LogP contribution in [-0.2, 0) is 11.3 Å². The van der Waals surface area contributed by atoms with Gasteiger partial charge in [-0.05, 0) is 44.5 Å². The fourth-order valence-corrected chi connectivity index (χ4v) is 2.32. The Morgan fingerprint density at radius 3 is 2.43 bits per heavy atom. The van der Waals surface area contributed by atoms with E-state index in [0.717, 1.165) is 15.7 Å². The van der Waals surface area contributed by atoms with Gasteiger partial charge in [-0.2, -0.15) is 0 Å². The second kappa shape index (κ2) is 6.48. The second-order valence-corrected chi connectivity index (χ2v) is 5.45. The van der Waals surface area contributed by atoms with Crippen LogP contribution in [0.4, 0.5) is 5.69 Å². The Bertz CT molecular complexity index is 837. The van der Waals surface area contributed by atoms with Crippen molar-refractivity contribution >= 4 is 17.6 Å². The van der Waals surface area contributed by atoms with Crippen LogP contribution in [0, 0.1) is 20.8 Å². The molecule has 1 amide bonds. The van der Waals surface area contributed by atoms with Gasteiger partial charge in [-0.15, -0.1) is 0 Å². The topological polar surface area (TPSA) is 88.4 Å². The zero-order valence-electron chi connectivity index (χ0n) is 13.2. The normalized spacial score (nSPS) is 10.4. The number of amides is 1. The van der Waals surface area contributed by atoms with E-state index in [0.29, 0.717) is 11.4 Å². The molecule has 2 N–H and O–H groups in total. The summed E-state index contributed by atoms with van der Waals surface area (Å²) in [6, 6.07) is 8.38. The van der Waals surface area contributed by atoms with Gasteiger partial charge in [-0.1, -0.05) is 17.7 Å². The maximum absolute atomic E-state index is 12.2. The number of anilines is 1. The number of carbonyl (C=O) groups is 2. The smallest absolute Gasteiger partial charge is 0.341 e. The summed E-state index contributed by atoms with van der Waals surface area (Å²) in [6.07, 6.45) is 0. The third-order valence-electron chi connectivity index (χ3n) is 3.58. The van der Waals surface area contributed by atoms with Gasteiger partial charge < -0.3 is 15.0 Å². The molecule has 0 saturated heterocycles. The molecular formula is C17H18N2O4. The highest BCUT2D eigenvalue weighted by Crippen LogP contribution is 2.16. The van der Waals surface area contributed by atoms with E-state index in [1.54, 1.807) is 13.0 Å². The first kappa shape index (κ1) is 16.5. The molecule has 0 aliphatic heterocycles. The third-order valence-corrected chi connectivity index (χ3v) is 3.58. The Labute approximate surface area is 133 Å². The molecule has 0 radical (unpaired) electrons. The molecule has 0 atom stereocenters. The molecule has 1 aromatic carbocycles. The SMILES string of the molecule is Cc1ccc(NC(=O)Cn2c(C)ccc(C(=O)O)c2=O)c(C)c1. The molecule has 0 bridgehead atoms. The van der Waals surface area contributed by atoms with Crippen molar-refractivity contribution in [3.05, 3.63) is 63.1 Å². The summed E-state index contributed by atoms with van der Waals surface area (Å²) in [5.74, 6) is -1.69. The minimum atomic E-state index is -1.31. The van der Waals surface area contributed by atoms with Gasteiger partial charge >= 0.3 is 5.97 Å². The number of benzene rings is 1. The number of carbonyl (C=O) groups excluding carboxylic acids is 1. The highest BCUT2D eigenvalue weighted by atomic mass is 16.4. The number of carboxylic acids is 1. The number of aromatic nitrogens is 1. The van der Waals surface area contributed by atoms with E-state index in [4.69, 9.17) is 5.11 Å². The van der Waals surface area contributed by atoms with Gasteiger partial charge in [0.2, 0.25) is 5.91 Å².